The van der Waals surface area contributed by atoms with E-state index < -0.39 is 24.7 Å². The van der Waals surface area contributed by atoms with E-state index in [1.807, 2.05) is 0 Å². The summed E-state index contributed by atoms with van der Waals surface area (Å²) in [6.07, 6.45) is 1.46. The van der Waals surface area contributed by atoms with Gasteiger partial charge in [0.2, 0.25) is 0 Å². The number of carboxylic acids is 1. The van der Waals surface area contributed by atoms with Crippen LogP contribution >= 0.6 is 0 Å². The fourth-order valence-electron chi connectivity index (χ4n) is 2.73. The predicted octanol–water partition coefficient (Wildman–Crippen LogP) is 2.48. The molecular formula is C12H15F3O3. The molecule has 6 heteroatoms. The zero-order valence-electron chi connectivity index (χ0n) is 9.69. The number of fused-ring (bicyclic) bond motifs is 2. The second-order valence-electron chi connectivity index (χ2n) is 5.01. The highest BCUT2D eigenvalue weighted by atomic mass is 19.4. The average molecular weight is 264 g/mol. The van der Waals surface area contributed by atoms with Gasteiger partial charge >= 0.3 is 12.1 Å². The van der Waals surface area contributed by atoms with E-state index >= 15 is 0 Å². The fraction of sp³-hybridized carbons (Fsp3) is 0.750. The Morgan fingerprint density at radius 2 is 2.11 bits per heavy atom. The van der Waals surface area contributed by atoms with E-state index in [4.69, 9.17) is 9.84 Å². The largest absolute Gasteiger partial charge is 0.481 e. The minimum atomic E-state index is -4.75. The van der Waals surface area contributed by atoms with Crippen LogP contribution in [0.25, 0.3) is 0 Å². The molecule has 0 aromatic heterocycles. The first kappa shape index (κ1) is 13.4. The van der Waals surface area contributed by atoms with Crippen LogP contribution in [0.2, 0.25) is 0 Å². The van der Waals surface area contributed by atoms with Gasteiger partial charge in [0, 0.05) is 0 Å². The van der Waals surface area contributed by atoms with Crippen molar-refractivity contribution in [3.05, 3.63) is 12.2 Å². The monoisotopic (exact) mass is 264 g/mol. The molecule has 0 radical (unpaired) electrons. The number of alkyl halides is 3. The topological polar surface area (TPSA) is 46.5 Å². The maximum Gasteiger partial charge on any atom is 0.404 e. The molecule has 2 aliphatic rings. The van der Waals surface area contributed by atoms with Gasteiger partial charge in [0.15, 0.2) is 5.92 Å². The molecule has 2 bridgehead atoms. The number of hydrogen-bond donors (Lipinski definition) is 1. The van der Waals surface area contributed by atoms with Gasteiger partial charge in [-0.05, 0) is 30.6 Å². The minimum Gasteiger partial charge on any atom is -0.481 e. The lowest BCUT2D eigenvalue weighted by Crippen LogP contribution is -2.35. The van der Waals surface area contributed by atoms with Crippen molar-refractivity contribution in [1.29, 1.82) is 0 Å². The molecule has 3 nitrogen and oxygen atoms in total. The number of carbonyl (C=O) groups is 1. The Morgan fingerprint density at radius 3 is 2.56 bits per heavy atom. The molecule has 0 aromatic rings. The molecular weight excluding hydrogens is 249 g/mol. The summed E-state index contributed by atoms with van der Waals surface area (Å²) < 4.78 is 42.0. The van der Waals surface area contributed by atoms with E-state index in [2.05, 4.69) is 12.2 Å². The summed E-state index contributed by atoms with van der Waals surface area (Å²) in [4.78, 5) is 10.5. The molecule has 1 fully saturated rings. The first-order valence-electron chi connectivity index (χ1n) is 5.93. The molecule has 0 amide bonds. The molecule has 2 rings (SSSR count). The highest BCUT2D eigenvalue weighted by molar-refractivity contribution is 5.71. The molecule has 0 saturated heterocycles. The van der Waals surface area contributed by atoms with Crippen LogP contribution in [-0.4, -0.2) is 30.5 Å². The van der Waals surface area contributed by atoms with Gasteiger partial charge in [-0.1, -0.05) is 12.2 Å². The molecule has 0 aliphatic heterocycles. The molecule has 0 heterocycles. The molecule has 2 aliphatic carbocycles. The van der Waals surface area contributed by atoms with Crippen molar-refractivity contribution in [3.63, 3.8) is 0 Å². The lowest BCUT2D eigenvalue weighted by Gasteiger charge is -2.20. The van der Waals surface area contributed by atoms with Crippen molar-refractivity contribution in [2.75, 3.05) is 13.2 Å². The van der Waals surface area contributed by atoms with E-state index in [-0.39, 0.29) is 12.5 Å². The highest BCUT2D eigenvalue weighted by Gasteiger charge is 2.45. The Hall–Kier alpha value is -1.04. The SMILES string of the molecule is O=C(O)C(COCC1CC2C=CC1C2)C(F)(F)F. The van der Waals surface area contributed by atoms with Crippen LogP contribution in [0.15, 0.2) is 12.2 Å². The first-order chi connectivity index (χ1) is 8.38. The first-order valence-corrected chi connectivity index (χ1v) is 5.93. The summed E-state index contributed by atoms with van der Waals surface area (Å²) in [6.45, 7) is -0.582. The Kier molecular flexibility index (Phi) is 3.66. The molecule has 18 heavy (non-hydrogen) atoms. The van der Waals surface area contributed by atoms with E-state index in [0.29, 0.717) is 11.8 Å². The van der Waals surface area contributed by atoms with Gasteiger partial charge in [0.25, 0.3) is 0 Å². The van der Waals surface area contributed by atoms with E-state index in [0.717, 1.165) is 12.8 Å². The summed E-state index contributed by atoms with van der Waals surface area (Å²) in [5.74, 6) is -3.14. The third-order valence-electron chi connectivity index (χ3n) is 3.73. The zero-order valence-corrected chi connectivity index (χ0v) is 9.69. The second-order valence-corrected chi connectivity index (χ2v) is 5.01. The number of rotatable bonds is 5. The number of ether oxygens (including phenoxy) is 1. The van der Waals surface area contributed by atoms with Crippen molar-refractivity contribution in [3.8, 4) is 0 Å². The number of carboxylic acid groups (broad SMARTS) is 1. The Bertz CT molecular complexity index is 351. The molecule has 4 unspecified atom stereocenters. The zero-order chi connectivity index (χ0) is 13.3. The average Bonchev–Trinajstić information content (AvgIpc) is 2.83. The summed E-state index contributed by atoms with van der Waals surface area (Å²) in [7, 11) is 0. The summed E-state index contributed by atoms with van der Waals surface area (Å²) in [5.41, 5.74) is 0. The van der Waals surface area contributed by atoms with Gasteiger partial charge < -0.3 is 9.84 Å². The van der Waals surface area contributed by atoms with Gasteiger partial charge in [-0.25, -0.2) is 0 Å². The van der Waals surface area contributed by atoms with Gasteiger partial charge in [-0.3, -0.25) is 4.79 Å². The summed E-state index contributed by atoms with van der Waals surface area (Å²) in [5, 5.41) is 8.49. The third kappa shape index (κ3) is 2.85. The van der Waals surface area contributed by atoms with Gasteiger partial charge in [0.1, 0.15) is 0 Å². The number of allylic oxidation sites excluding steroid dienone is 2. The van der Waals surface area contributed by atoms with Crippen LogP contribution in [0.1, 0.15) is 12.8 Å². The quantitative estimate of drug-likeness (QED) is 0.776. The number of aliphatic carboxylic acids is 1. The van der Waals surface area contributed by atoms with Crippen LogP contribution in [0.3, 0.4) is 0 Å². The van der Waals surface area contributed by atoms with Crippen LogP contribution in [0.5, 0.6) is 0 Å². The van der Waals surface area contributed by atoms with E-state index in [1.165, 1.54) is 0 Å². The lowest BCUT2D eigenvalue weighted by molar-refractivity contribution is -0.203. The van der Waals surface area contributed by atoms with Crippen LogP contribution in [0.4, 0.5) is 13.2 Å². The van der Waals surface area contributed by atoms with Crippen LogP contribution < -0.4 is 0 Å². The standard InChI is InChI=1S/C12H15F3O3/c13-12(14,15)10(11(16)17)6-18-5-9-4-7-1-2-8(9)3-7/h1-2,7-10H,3-6H2,(H,16,17). The van der Waals surface area contributed by atoms with Gasteiger partial charge in [-0.15, -0.1) is 0 Å². The van der Waals surface area contributed by atoms with Gasteiger partial charge in [-0.2, -0.15) is 13.2 Å². The smallest absolute Gasteiger partial charge is 0.404 e. The van der Waals surface area contributed by atoms with E-state index in [1.54, 1.807) is 0 Å². The minimum absolute atomic E-state index is 0.214. The molecule has 0 aromatic carbocycles. The van der Waals surface area contributed by atoms with Crippen molar-refractivity contribution < 1.29 is 27.8 Å². The maximum atomic E-state index is 12.3. The molecule has 1 saturated carbocycles. The number of halogens is 3. The molecule has 0 spiro atoms. The fourth-order valence-corrected chi connectivity index (χ4v) is 2.73. The van der Waals surface area contributed by atoms with E-state index in [9.17, 15) is 18.0 Å². The lowest BCUT2D eigenvalue weighted by atomic mass is 9.94. The van der Waals surface area contributed by atoms with Crippen molar-refractivity contribution in [2.45, 2.75) is 19.0 Å². The second kappa shape index (κ2) is 4.91. The van der Waals surface area contributed by atoms with Crippen LogP contribution in [-0.2, 0) is 9.53 Å². The Labute approximate surface area is 103 Å². The Morgan fingerprint density at radius 1 is 1.39 bits per heavy atom. The summed E-state index contributed by atoms with van der Waals surface area (Å²) in [6, 6.07) is 0. The molecule has 1 N–H and O–H groups in total. The molecule has 102 valence electrons. The van der Waals surface area contributed by atoms with Crippen molar-refractivity contribution in [1.82, 2.24) is 0 Å². The normalized spacial score (nSPS) is 31.8. The van der Waals surface area contributed by atoms with Gasteiger partial charge in [0.05, 0.1) is 13.2 Å². The molecule has 4 atom stereocenters. The van der Waals surface area contributed by atoms with Crippen molar-refractivity contribution in [2.24, 2.45) is 23.7 Å². The predicted molar refractivity (Wildman–Crippen MR) is 56.8 cm³/mol. The van der Waals surface area contributed by atoms with Crippen LogP contribution in [0, 0.1) is 23.7 Å². The van der Waals surface area contributed by atoms with Crippen molar-refractivity contribution >= 4 is 5.97 Å². The number of hydrogen-bond acceptors (Lipinski definition) is 2. The third-order valence-corrected chi connectivity index (χ3v) is 3.73. The Balaban J connectivity index is 1.77. The maximum absolute atomic E-state index is 12.3. The highest BCUT2D eigenvalue weighted by Crippen LogP contribution is 2.43. The summed E-state index contributed by atoms with van der Waals surface area (Å²) >= 11 is 0.